The van der Waals surface area contributed by atoms with Crippen LogP contribution in [0.1, 0.15) is 36.6 Å². The highest BCUT2D eigenvalue weighted by Gasteiger charge is 2.39. The number of ether oxygens (including phenoxy) is 1. The lowest BCUT2D eigenvalue weighted by atomic mass is 9.91. The number of hydrogen-bond donors (Lipinski definition) is 0. The van der Waals surface area contributed by atoms with Gasteiger partial charge in [0, 0.05) is 22.9 Å². The molecule has 7 heteroatoms. The van der Waals surface area contributed by atoms with Crippen LogP contribution in [0.4, 0.5) is 0 Å². The molecule has 1 aromatic heterocycles. The van der Waals surface area contributed by atoms with Gasteiger partial charge < -0.3 is 4.74 Å². The van der Waals surface area contributed by atoms with Crippen molar-refractivity contribution < 1.29 is 14.3 Å². The highest BCUT2D eigenvalue weighted by molar-refractivity contribution is 6.20. The Hall–Kier alpha value is -5.22. The van der Waals surface area contributed by atoms with Gasteiger partial charge in [-0.05, 0) is 73.9 Å². The Morgan fingerprint density at radius 2 is 1.62 bits per heavy atom. The number of methoxy groups -OCH3 is 1. The van der Waals surface area contributed by atoms with Crippen molar-refractivity contribution in [2.45, 2.75) is 26.8 Å². The minimum atomic E-state index is -0.593. The van der Waals surface area contributed by atoms with E-state index < -0.39 is 17.9 Å². The molecule has 40 heavy (non-hydrogen) atoms. The summed E-state index contributed by atoms with van der Waals surface area (Å²) in [6.07, 6.45) is 3.59. The molecule has 1 unspecified atom stereocenters. The van der Waals surface area contributed by atoms with Gasteiger partial charge in [0.15, 0.2) is 0 Å². The van der Waals surface area contributed by atoms with Crippen LogP contribution in [-0.2, 0) is 9.59 Å². The van der Waals surface area contributed by atoms with Crippen LogP contribution in [0.25, 0.3) is 23.0 Å². The Morgan fingerprint density at radius 3 is 2.25 bits per heavy atom. The molecule has 0 radical (unpaired) electrons. The first-order valence-electron chi connectivity index (χ1n) is 12.9. The van der Waals surface area contributed by atoms with E-state index in [2.05, 4.69) is 0 Å². The Kier molecular flexibility index (Phi) is 7.17. The summed E-state index contributed by atoms with van der Waals surface area (Å²) in [5.74, 6) is -0.319. The minimum Gasteiger partial charge on any atom is -0.497 e. The molecule has 1 atom stereocenters. The highest BCUT2D eigenvalue weighted by Crippen LogP contribution is 2.35. The maximum Gasteiger partial charge on any atom is 0.272 e. The number of nitriles is 1. The van der Waals surface area contributed by atoms with E-state index in [1.54, 1.807) is 31.7 Å². The lowest BCUT2D eigenvalue weighted by molar-refractivity contribution is -0.143. The summed E-state index contributed by atoms with van der Waals surface area (Å²) in [6, 6.07) is 26.2. The molecule has 0 saturated carbocycles. The number of aromatic nitrogens is 2. The maximum absolute atomic E-state index is 14.0. The first-order chi connectivity index (χ1) is 19.3. The summed E-state index contributed by atoms with van der Waals surface area (Å²) >= 11 is 0. The van der Waals surface area contributed by atoms with E-state index in [9.17, 15) is 14.9 Å². The van der Waals surface area contributed by atoms with Gasteiger partial charge in [0.2, 0.25) is 0 Å². The molecule has 198 valence electrons. The Morgan fingerprint density at radius 1 is 0.950 bits per heavy atom. The van der Waals surface area contributed by atoms with Gasteiger partial charge in [-0.25, -0.2) is 4.68 Å². The first kappa shape index (κ1) is 26.4. The van der Waals surface area contributed by atoms with Gasteiger partial charge in [-0.2, -0.15) is 10.4 Å². The van der Waals surface area contributed by atoms with Gasteiger partial charge in [0.25, 0.3) is 11.8 Å². The van der Waals surface area contributed by atoms with Crippen molar-refractivity contribution in [1.29, 1.82) is 5.26 Å². The maximum atomic E-state index is 14.0. The van der Waals surface area contributed by atoms with Crippen molar-refractivity contribution in [3.05, 3.63) is 118 Å². The molecule has 2 heterocycles. The molecule has 5 rings (SSSR count). The Bertz CT molecular complexity index is 1710. The van der Waals surface area contributed by atoms with Crippen molar-refractivity contribution in [2.75, 3.05) is 7.11 Å². The number of imide groups is 1. The molecule has 0 N–H and O–H groups in total. The predicted molar refractivity (Wildman–Crippen MR) is 153 cm³/mol. The average molecular weight is 529 g/mol. The fraction of sp³-hybridized carbons (Fsp3) is 0.152. The number of rotatable bonds is 6. The zero-order chi connectivity index (χ0) is 28.4. The molecule has 4 aromatic rings. The molecule has 1 aliphatic heterocycles. The van der Waals surface area contributed by atoms with Gasteiger partial charge in [-0.3, -0.25) is 14.5 Å². The van der Waals surface area contributed by atoms with Crippen molar-refractivity contribution in [2.24, 2.45) is 0 Å². The van der Waals surface area contributed by atoms with Crippen LogP contribution in [-0.4, -0.2) is 33.6 Å². The smallest absolute Gasteiger partial charge is 0.272 e. The van der Waals surface area contributed by atoms with E-state index >= 15 is 0 Å². The van der Waals surface area contributed by atoms with Gasteiger partial charge in [-0.15, -0.1) is 0 Å². The van der Waals surface area contributed by atoms with Gasteiger partial charge in [0.05, 0.1) is 18.8 Å². The lowest BCUT2D eigenvalue weighted by Gasteiger charge is -2.32. The Labute approximate surface area is 233 Å². The van der Waals surface area contributed by atoms with Crippen LogP contribution in [0.2, 0.25) is 0 Å². The zero-order valence-corrected chi connectivity index (χ0v) is 22.8. The van der Waals surface area contributed by atoms with Gasteiger partial charge in [-0.1, -0.05) is 48.5 Å². The molecule has 0 spiro atoms. The van der Waals surface area contributed by atoms with Crippen LogP contribution < -0.4 is 4.74 Å². The molecule has 0 aliphatic carbocycles. The van der Waals surface area contributed by atoms with Crippen LogP contribution in [0.3, 0.4) is 0 Å². The topological polar surface area (TPSA) is 88.2 Å². The fourth-order valence-electron chi connectivity index (χ4n) is 4.93. The molecule has 0 saturated heterocycles. The van der Waals surface area contributed by atoms with E-state index in [0.29, 0.717) is 16.8 Å². The third-order valence-electron chi connectivity index (χ3n) is 7.19. The molecule has 1 aliphatic rings. The van der Waals surface area contributed by atoms with Crippen molar-refractivity contribution in [3.8, 4) is 28.8 Å². The number of benzene rings is 3. The SMILES string of the molecule is COc1ccc(-c2nn(-c3ccccc3)cc2/C=C2/C(=O)N(C(C)c3ccccc3)C(=O)C(C#N)=C2C)c(C)c1. The summed E-state index contributed by atoms with van der Waals surface area (Å²) in [5, 5.41) is 14.8. The van der Waals surface area contributed by atoms with Crippen molar-refractivity contribution in [3.63, 3.8) is 0 Å². The number of hydrogen-bond acceptors (Lipinski definition) is 5. The summed E-state index contributed by atoms with van der Waals surface area (Å²) in [6.45, 7) is 5.41. The van der Waals surface area contributed by atoms with Crippen LogP contribution in [0, 0.1) is 18.3 Å². The van der Waals surface area contributed by atoms with Crippen LogP contribution >= 0.6 is 0 Å². The van der Waals surface area contributed by atoms with E-state index in [1.165, 1.54) is 4.90 Å². The summed E-state index contributed by atoms with van der Waals surface area (Å²) in [5.41, 5.74) is 5.39. The summed E-state index contributed by atoms with van der Waals surface area (Å²) in [4.78, 5) is 28.5. The number of carbonyl (C=O) groups is 2. The monoisotopic (exact) mass is 528 g/mol. The number of carbonyl (C=O) groups excluding carboxylic acids is 2. The molecular weight excluding hydrogens is 500 g/mol. The standard InChI is InChI=1S/C33H28N4O3/c1-21-17-27(40-4)15-16-28(21)31-25(20-36(35-31)26-13-9-6-10-14-26)18-29-22(2)30(19-34)33(39)37(32(29)38)23(3)24-11-7-5-8-12-24/h5-18,20,23H,1-4H3/b29-18+. The third kappa shape index (κ3) is 4.72. The molecular formula is C33H28N4O3. The predicted octanol–water partition coefficient (Wildman–Crippen LogP) is 6.21. The van der Waals surface area contributed by atoms with Gasteiger partial charge in [0.1, 0.15) is 23.1 Å². The fourth-order valence-corrected chi connectivity index (χ4v) is 4.93. The van der Waals surface area contributed by atoms with E-state index in [4.69, 9.17) is 9.84 Å². The van der Waals surface area contributed by atoms with E-state index in [0.717, 1.165) is 28.1 Å². The summed E-state index contributed by atoms with van der Waals surface area (Å²) in [7, 11) is 1.62. The van der Waals surface area contributed by atoms with Crippen molar-refractivity contribution in [1.82, 2.24) is 14.7 Å². The summed E-state index contributed by atoms with van der Waals surface area (Å²) < 4.78 is 7.15. The molecule has 0 bridgehead atoms. The highest BCUT2D eigenvalue weighted by atomic mass is 16.5. The second kappa shape index (κ2) is 10.9. The number of nitrogens with zero attached hydrogens (tertiary/aromatic N) is 4. The number of amides is 2. The van der Waals surface area contributed by atoms with Crippen LogP contribution in [0.15, 0.2) is 102 Å². The second-order valence-electron chi connectivity index (χ2n) is 9.63. The average Bonchev–Trinajstić information content (AvgIpc) is 3.40. The molecule has 0 fully saturated rings. The quantitative estimate of drug-likeness (QED) is 0.219. The second-order valence-corrected chi connectivity index (χ2v) is 9.63. The normalized spacial score (nSPS) is 15.4. The number of aryl methyl sites for hydroxylation is 1. The lowest BCUT2D eigenvalue weighted by Crippen LogP contribution is -2.44. The number of para-hydroxylation sites is 1. The first-order valence-corrected chi connectivity index (χ1v) is 12.9. The van der Waals surface area contributed by atoms with Gasteiger partial charge >= 0.3 is 0 Å². The third-order valence-corrected chi connectivity index (χ3v) is 7.19. The molecule has 7 nitrogen and oxygen atoms in total. The minimum absolute atomic E-state index is 0.0498. The molecule has 3 aromatic carbocycles. The van der Waals surface area contributed by atoms with E-state index in [1.807, 2.05) is 98.1 Å². The van der Waals surface area contributed by atoms with Crippen molar-refractivity contribution >= 4 is 17.9 Å². The van der Waals surface area contributed by atoms with E-state index in [-0.39, 0.29) is 11.1 Å². The molecule has 2 amide bonds. The largest absolute Gasteiger partial charge is 0.497 e. The zero-order valence-electron chi connectivity index (χ0n) is 22.8. The Balaban J connectivity index is 1.69. The van der Waals surface area contributed by atoms with Crippen LogP contribution in [0.5, 0.6) is 5.75 Å².